The highest BCUT2D eigenvalue weighted by Gasteiger charge is 2.17. The summed E-state index contributed by atoms with van der Waals surface area (Å²) in [6, 6.07) is 16.4. The summed E-state index contributed by atoms with van der Waals surface area (Å²) in [5.74, 6) is 1.02. The molecule has 3 rings (SSSR count). The predicted molar refractivity (Wildman–Crippen MR) is 101 cm³/mol. The van der Waals surface area contributed by atoms with Crippen LogP contribution < -0.4 is 4.74 Å². The summed E-state index contributed by atoms with van der Waals surface area (Å²) in [6.45, 7) is 5.60. The number of fused-ring (bicyclic) bond motifs is 1. The van der Waals surface area contributed by atoms with Crippen LogP contribution in [0.5, 0.6) is 5.75 Å². The van der Waals surface area contributed by atoms with Crippen molar-refractivity contribution in [1.82, 2.24) is 4.90 Å². The third-order valence-electron chi connectivity index (χ3n) is 4.73. The molecule has 1 heterocycles. The quantitative estimate of drug-likeness (QED) is 0.729. The molecule has 0 saturated carbocycles. The summed E-state index contributed by atoms with van der Waals surface area (Å²) in [5, 5.41) is 0. The second kappa shape index (κ2) is 8.02. The number of carbonyl (C=O) groups excluding carboxylic acids is 1. The van der Waals surface area contributed by atoms with E-state index in [4.69, 9.17) is 4.74 Å². The van der Waals surface area contributed by atoms with Crippen LogP contribution in [-0.4, -0.2) is 23.5 Å². The Kier molecular flexibility index (Phi) is 5.54. The Hall–Kier alpha value is -2.55. The Morgan fingerprint density at radius 1 is 1.24 bits per heavy atom. The van der Waals surface area contributed by atoms with Crippen molar-refractivity contribution in [3.8, 4) is 5.75 Å². The number of hydrogen-bond acceptors (Lipinski definition) is 2. The molecule has 1 aliphatic rings. The molecule has 130 valence electrons. The zero-order valence-electron chi connectivity index (χ0n) is 14.9. The lowest BCUT2D eigenvalue weighted by Crippen LogP contribution is -2.36. The first kappa shape index (κ1) is 17.3. The van der Waals surface area contributed by atoms with Crippen LogP contribution in [0, 0.1) is 0 Å². The molecule has 0 aliphatic carbocycles. The molecular weight excluding hydrogens is 310 g/mol. The number of ether oxygens (including phenoxy) is 1. The van der Waals surface area contributed by atoms with Gasteiger partial charge in [-0.3, -0.25) is 4.79 Å². The molecular formula is C22H25NO2. The molecule has 1 atom stereocenters. The smallest absolute Gasteiger partial charge is 0.247 e. The molecule has 25 heavy (non-hydrogen) atoms. The van der Waals surface area contributed by atoms with Gasteiger partial charge >= 0.3 is 0 Å². The van der Waals surface area contributed by atoms with Crippen LogP contribution in [0.1, 0.15) is 37.0 Å². The van der Waals surface area contributed by atoms with Crippen molar-refractivity contribution >= 4 is 12.0 Å². The molecule has 0 N–H and O–H groups in total. The van der Waals surface area contributed by atoms with E-state index in [1.807, 2.05) is 41.3 Å². The van der Waals surface area contributed by atoms with E-state index in [1.54, 1.807) is 6.08 Å². The summed E-state index contributed by atoms with van der Waals surface area (Å²) in [6.07, 6.45) is 5.47. The Labute approximate surface area is 149 Å². The van der Waals surface area contributed by atoms with Gasteiger partial charge in [-0.05, 0) is 48.2 Å². The van der Waals surface area contributed by atoms with Crippen molar-refractivity contribution in [3.05, 3.63) is 71.3 Å². The SMILES string of the molecule is CCC(C)N(Cc1ccccc1)C(=O)/C=C/c1ccc2c(c1)CCO2. The van der Waals surface area contributed by atoms with Crippen LogP contribution in [0.3, 0.4) is 0 Å². The minimum absolute atomic E-state index is 0.0509. The standard InChI is InChI=1S/C22H25NO2/c1-3-17(2)23(16-19-7-5-4-6-8-19)22(24)12-10-18-9-11-21-20(15-18)13-14-25-21/h4-12,15,17H,3,13-14,16H2,1-2H3/b12-10+. The van der Waals surface area contributed by atoms with Crippen LogP contribution >= 0.6 is 0 Å². The second-order valence-electron chi connectivity index (χ2n) is 6.51. The van der Waals surface area contributed by atoms with E-state index < -0.39 is 0 Å². The largest absolute Gasteiger partial charge is 0.493 e. The second-order valence-corrected chi connectivity index (χ2v) is 6.51. The first-order valence-corrected chi connectivity index (χ1v) is 8.95. The topological polar surface area (TPSA) is 29.5 Å². The molecule has 1 unspecified atom stereocenters. The minimum Gasteiger partial charge on any atom is -0.493 e. The average molecular weight is 335 g/mol. The zero-order valence-corrected chi connectivity index (χ0v) is 14.9. The average Bonchev–Trinajstić information content (AvgIpc) is 3.12. The number of nitrogens with zero attached hydrogens (tertiary/aromatic N) is 1. The van der Waals surface area contributed by atoms with Gasteiger partial charge in [0.2, 0.25) is 5.91 Å². The number of hydrogen-bond donors (Lipinski definition) is 0. The fraction of sp³-hybridized carbons (Fsp3) is 0.318. The van der Waals surface area contributed by atoms with E-state index in [0.29, 0.717) is 6.54 Å². The van der Waals surface area contributed by atoms with Gasteiger partial charge in [-0.25, -0.2) is 0 Å². The Balaban J connectivity index is 1.73. The summed E-state index contributed by atoms with van der Waals surface area (Å²) in [4.78, 5) is 14.7. The van der Waals surface area contributed by atoms with Gasteiger partial charge in [0.25, 0.3) is 0 Å². The first-order valence-electron chi connectivity index (χ1n) is 8.95. The Morgan fingerprint density at radius 3 is 2.80 bits per heavy atom. The third kappa shape index (κ3) is 4.30. The van der Waals surface area contributed by atoms with Crippen LogP contribution in [0.2, 0.25) is 0 Å². The van der Waals surface area contributed by atoms with Gasteiger partial charge in [-0.1, -0.05) is 43.3 Å². The molecule has 1 aliphatic heterocycles. The van der Waals surface area contributed by atoms with E-state index in [1.165, 1.54) is 5.56 Å². The molecule has 2 aromatic rings. The monoisotopic (exact) mass is 335 g/mol. The highest BCUT2D eigenvalue weighted by molar-refractivity contribution is 5.92. The molecule has 0 saturated heterocycles. The van der Waals surface area contributed by atoms with Gasteiger partial charge < -0.3 is 9.64 Å². The van der Waals surface area contributed by atoms with Gasteiger partial charge in [-0.15, -0.1) is 0 Å². The zero-order chi connectivity index (χ0) is 17.6. The highest BCUT2D eigenvalue weighted by Crippen LogP contribution is 2.26. The molecule has 0 spiro atoms. The molecule has 3 heteroatoms. The maximum absolute atomic E-state index is 12.8. The number of amides is 1. The molecule has 0 fully saturated rings. The number of rotatable bonds is 6. The minimum atomic E-state index is 0.0509. The fourth-order valence-corrected chi connectivity index (χ4v) is 3.02. The molecule has 0 aromatic heterocycles. The lowest BCUT2D eigenvalue weighted by Gasteiger charge is -2.27. The van der Waals surface area contributed by atoms with Crippen molar-refractivity contribution in [2.24, 2.45) is 0 Å². The van der Waals surface area contributed by atoms with E-state index in [-0.39, 0.29) is 11.9 Å². The maximum Gasteiger partial charge on any atom is 0.247 e. The predicted octanol–water partition coefficient (Wildman–Crippen LogP) is 4.46. The van der Waals surface area contributed by atoms with Crippen molar-refractivity contribution in [1.29, 1.82) is 0 Å². The van der Waals surface area contributed by atoms with Crippen LogP contribution in [0.4, 0.5) is 0 Å². The molecule has 0 bridgehead atoms. The third-order valence-corrected chi connectivity index (χ3v) is 4.73. The lowest BCUT2D eigenvalue weighted by atomic mass is 10.1. The van der Waals surface area contributed by atoms with Crippen molar-refractivity contribution in [2.45, 2.75) is 39.3 Å². The van der Waals surface area contributed by atoms with Crippen LogP contribution in [0.25, 0.3) is 6.08 Å². The van der Waals surface area contributed by atoms with E-state index >= 15 is 0 Å². The van der Waals surface area contributed by atoms with E-state index in [2.05, 4.69) is 32.0 Å². The number of carbonyl (C=O) groups is 1. The first-order chi connectivity index (χ1) is 12.2. The fourth-order valence-electron chi connectivity index (χ4n) is 3.02. The summed E-state index contributed by atoms with van der Waals surface area (Å²) >= 11 is 0. The van der Waals surface area contributed by atoms with E-state index in [9.17, 15) is 4.79 Å². The normalized spacial score (nSPS) is 14.2. The number of benzene rings is 2. The van der Waals surface area contributed by atoms with Crippen LogP contribution in [-0.2, 0) is 17.8 Å². The van der Waals surface area contributed by atoms with Crippen LogP contribution in [0.15, 0.2) is 54.6 Å². The van der Waals surface area contributed by atoms with Crippen molar-refractivity contribution < 1.29 is 9.53 Å². The lowest BCUT2D eigenvalue weighted by molar-refractivity contribution is -0.128. The van der Waals surface area contributed by atoms with E-state index in [0.717, 1.165) is 36.3 Å². The molecule has 2 aromatic carbocycles. The summed E-state index contributed by atoms with van der Waals surface area (Å²) < 4.78 is 5.53. The Morgan fingerprint density at radius 2 is 2.04 bits per heavy atom. The van der Waals surface area contributed by atoms with Gasteiger partial charge in [0.15, 0.2) is 0 Å². The highest BCUT2D eigenvalue weighted by atomic mass is 16.5. The molecule has 3 nitrogen and oxygen atoms in total. The van der Waals surface area contributed by atoms with Crippen molar-refractivity contribution in [2.75, 3.05) is 6.61 Å². The summed E-state index contributed by atoms with van der Waals surface area (Å²) in [7, 11) is 0. The molecule has 1 amide bonds. The van der Waals surface area contributed by atoms with Gasteiger partial charge in [-0.2, -0.15) is 0 Å². The van der Waals surface area contributed by atoms with Gasteiger partial charge in [0, 0.05) is 25.1 Å². The molecule has 0 radical (unpaired) electrons. The maximum atomic E-state index is 12.8. The van der Waals surface area contributed by atoms with Gasteiger partial charge in [0.05, 0.1) is 6.61 Å². The Bertz CT molecular complexity index is 752. The summed E-state index contributed by atoms with van der Waals surface area (Å²) in [5.41, 5.74) is 3.42. The van der Waals surface area contributed by atoms with Gasteiger partial charge in [0.1, 0.15) is 5.75 Å². The van der Waals surface area contributed by atoms with Crippen molar-refractivity contribution in [3.63, 3.8) is 0 Å².